The molecule has 4 rings (SSSR count). The van der Waals surface area contributed by atoms with E-state index in [1.54, 1.807) is 4.90 Å². The number of carbonyl (C=O) groups excluding carboxylic acids is 3. The van der Waals surface area contributed by atoms with Crippen LogP contribution in [-0.4, -0.2) is 67.2 Å². The van der Waals surface area contributed by atoms with Gasteiger partial charge in [0.05, 0.1) is 0 Å². The number of nitrogens with two attached hydrogens (primary N) is 1. The minimum atomic E-state index is -1.28. The quantitative estimate of drug-likeness (QED) is 0.333. The van der Waals surface area contributed by atoms with E-state index in [-0.39, 0.29) is 42.8 Å². The van der Waals surface area contributed by atoms with Crippen molar-refractivity contribution in [2.24, 2.45) is 11.7 Å². The largest absolute Gasteiger partial charge is 0.361 e. The average molecular weight is 504 g/mol. The van der Waals surface area contributed by atoms with Gasteiger partial charge in [0.15, 0.2) is 0 Å². The molecule has 0 aromatic heterocycles. The molecule has 35 heavy (non-hydrogen) atoms. The zero-order valence-electron chi connectivity index (χ0n) is 21.1. The fraction of sp³-hybridized carbons (Fsp3) is 0.654. The van der Waals surface area contributed by atoms with Gasteiger partial charge in [-0.1, -0.05) is 31.8 Å². The number of ether oxygens (including phenoxy) is 1. The first-order valence-corrected chi connectivity index (χ1v) is 16.5. The molecule has 1 aromatic carbocycles. The van der Waals surface area contributed by atoms with Crippen molar-refractivity contribution in [3.63, 3.8) is 0 Å². The maximum atomic E-state index is 13.9. The molecule has 2 fully saturated rings. The molecular weight excluding hydrogens is 465 g/mol. The Kier molecular flexibility index (Phi) is 7.78. The van der Waals surface area contributed by atoms with Crippen LogP contribution in [0.2, 0.25) is 25.7 Å². The summed E-state index contributed by atoms with van der Waals surface area (Å²) < 4.78 is 19.6. The Morgan fingerprint density at radius 2 is 1.91 bits per heavy atom. The summed E-state index contributed by atoms with van der Waals surface area (Å²) in [7, 11) is -1.28. The number of alkyl halides is 1. The van der Waals surface area contributed by atoms with E-state index >= 15 is 0 Å². The summed E-state index contributed by atoms with van der Waals surface area (Å²) in [4.78, 5) is 41.6. The summed E-state index contributed by atoms with van der Waals surface area (Å²) in [6.45, 7) is 7.52. The molecule has 2 aliphatic heterocycles. The highest BCUT2D eigenvalue weighted by molar-refractivity contribution is 6.76. The molecular formula is C26H38FN3O4Si. The summed E-state index contributed by atoms with van der Waals surface area (Å²) in [6, 6.07) is 5.99. The number of fused-ring (bicyclic) bond motifs is 1. The van der Waals surface area contributed by atoms with Crippen LogP contribution < -0.4 is 5.73 Å². The Labute approximate surface area is 208 Å². The van der Waals surface area contributed by atoms with Crippen LogP contribution >= 0.6 is 0 Å². The van der Waals surface area contributed by atoms with Gasteiger partial charge in [-0.3, -0.25) is 19.3 Å². The Balaban J connectivity index is 1.40. The normalized spacial score (nSPS) is 27.5. The van der Waals surface area contributed by atoms with Gasteiger partial charge in [0.25, 0.3) is 11.8 Å². The molecule has 9 heteroatoms. The number of imide groups is 1. The highest BCUT2D eigenvalue weighted by Crippen LogP contribution is 2.32. The second-order valence-electron chi connectivity index (χ2n) is 11.5. The fourth-order valence-electron chi connectivity index (χ4n) is 5.32. The number of benzene rings is 1. The summed E-state index contributed by atoms with van der Waals surface area (Å²) in [5, 5.41) is 0. The first-order valence-electron chi connectivity index (χ1n) is 12.8. The van der Waals surface area contributed by atoms with Gasteiger partial charge in [0.1, 0.15) is 18.9 Å². The Bertz CT molecular complexity index is 982. The smallest absolute Gasteiger partial charge is 0.255 e. The van der Waals surface area contributed by atoms with Crippen molar-refractivity contribution in [2.45, 2.75) is 89.0 Å². The lowest BCUT2D eigenvalue weighted by atomic mass is 9.80. The molecule has 0 spiro atoms. The van der Waals surface area contributed by atoms with E-state index in [4.69, 9.17) is 10.5 Å². The van der Waals surface area contributed by atoms with Crippen LogP contribution in [0.5, 0.6) is 0 Å². The minimum Gasteiger partial charge on any atom is -0.361 e. The average Bonchev–Trinajstić information content (AvgIpc) is 3.10. The van der Waals surface area contributed by atoms with Crippen molar-refractivity contribution in [1.29, 1.82) is 0 Å². The lowest BCUT2D eigenvalue weighted by Crippen LogP contribution is -2.55. The van der Waals surface area contributed by atoms with Gasteiger partial charge in [0, 0.05) is 39.3 Å². The number of hydrogen-bond acceptors (Lipinski definition) is 5. The predicted octanol–water partition coefficient (Wildman–Crippen LogP) is 3.48. The van der Waals surface area contributed by atoms with Gasteiger partial charge >= 0.3 is 0 Å². The van der Waals surface area contributed by atoms with Crippen LogP contribution in [-0.2, 0) is 27.3 Å². The summed E-state index contributed by atoms with van der Waals surface area (Å²) in [5.74, 6) is -0.707. The van der Waals surface area contributed by atoms with Gasteiger partial charge in [-0.25, -0.2) is 4.39 Å². The monoisotopic (exact) mass is 503 g/mol. The maximum Gasteiger partial charge on any atom is 0.255 e. The lowest BCUT2D eigenvalue weighted by Gasteiger charge is -2.35. The Morgan fingerprint density at radius 1 is 1.14 bits per heavy atom. The molecule has 2 N–H and O–H groups in total. The summed E-state index contributed by atoms with van der Waals surface area (Å²) in [5.41, 5.74) is 8.74. The van der Waals surface area contributed by atoms with E-state index in [0.29, 0.717) is 50.8 Å². The molecule has 2 heterocycles. The maximum absolute atomic E-state index is 13.9. The van der Waals surface area contributed by atoms with E-state index < -0.39 is 20.3 Å². The molecule has 3 amide bonds. The summed E-state index contributed by atoms with van der Waals surface area (Å²) >= 11 is 0. The van der Waals surface area contributed by atoms with Gasteiger partial charge in [0.2, 0.25) is 5.91 Å². The van der Waals surface area contributed by atoms with Gasteiger partial charge in [-0.2, -0.15) is 0 Å². The van der Waals surface area contributed by atoms with Crippen LogP contribution in [0, 0.1) is 5.92 Å². The Morgan fingerprint density at radius 3 is 2.66 bits per heavy atom. The van der Waals surface area contributed by atoms with Gasteiger partial charge in [-0.15, -0.1) is 0 Å². The van der Waals surface area contributed by atoms with Crippen LogP contribution in [0.4, 0.5) is 4.39 Å². The van der Waals surface area contributed by atoms with Crippen LogP contribution in [0.25, 0.3) is 0 Å². The predicted molar refractivity (Wildman–Crippen MR) is 134 cm³/mol. The van der Waals surface area contributed by atoms with E-state index in [9.17, 15) is 18.8 Å². The van der Waals surface area contributed by atoms with E-state index in [2.05, 4.69) is 19.6 Å². The third-order valence-corrected chi connectivity index (χ3v) is 9.26. The van der Waals surface area contributed by atoms with Gasteiger partial charge in [-0.05, 0) is 61.3 Å². The van der Waals surface area contributed by atoms with E-state index in [0.717, 1.165) is 22.1 Å². The number of rotatable bonds is 8. The molecule has 1 saturated heterocycles. The van der Waals surface area contributed by atoms with Crippen molar-refractivity contribution >= 4 is 25.8 Å². The zero-order valence-corrected chi connectivity index (χ0v) is 22.1. The standard InChI is InChI=1S/C26H38FN3O4Si/c1-35(2,3)11-10-34-16-30-24(31)9-8-23(26(30)33)29-15-19-13-17(4-6-21(19)25(29)32)12-18-14-20(27)5-7-22(18)28/h4,6,13,18,20,22-23H,5,7-12,14-16,28H2,1-3H3/t18-,20-,22-,23?/m0/s1. The number of carbonyl (C=O) groups is 3. The molecule has 0 radical (unpaired) electrons. The molecule has 1 aromatic rings. The first kappa shape index (κ1) is 26.0. The second kappa shape index (κ2) is 10.5. The molecule has 4 atom stereocenters. The molecule has 7 nitrogen and oxygen atoms in total. The number of halogens is 1. The van der Waals surface area contributed by atoms with Crippen molar-refractivity contribution in [3.8, 4) is 0 Å². The molecule has 1 unspecified atom stereocenters. The van der Waals surface area contributed by atoms with Crippen LogP contribution in [0.1, 0.15) is 53.6 Å². The third kappa shape index (κ3) is 6.01. The number of piperidine rings is 1. The van der Waals surface area contributed by atoms with E-state index in [1.165, 1.54) is 0 Å². The molecule has 1 saturated carbocycles. The van der Waals surface area contributed by atoms with Crippen LogP contribution in [0.15, 0.2) is 18.2 Å². The van der Waals surface area contributed by atoms with E-state index in [1.807, 2.05) is 18.2 Å². The molecule has 0 bridgehead atoms. The number of amides is 3. The first-order chi connectivity index (χ1) is 16.5. The second-order valence-corrected chi connectivity index (χ2v) is 17.1. The topological polar surface area (TPSA) is 92.9 Å². The van der Waals surface area contributed by atoms with Crippen LogP contribution in [0.3, 0.4) is 0 Å². The SMILES string of the molecule is C[Si](C)(C)CCOCN1C(=O)CCC(N2Cc3cc(C[C@H]4C[C@@H](F)CC[C@@H]4N)ccc3C2=O)C1=O. The number of hydrogen-bond donors (Lipinski definition) is 1. The molecule has 3 aliphatic rings. The lowest BCUT2D eigenvalue weighted by molar-refractivity contribution is -0.158. The fourth-order valence-corrected chi connectivity index (χ4v) is 6.08. The van der Waals surface area contributed by atoms with Gasteiger partial charge < -0.3 is 15.4 Å². The highest BCUT2D eigenvalue weighted by Gasteiger charge is 2.43. The minimum absolute atomic E-state index is 0.00951. The van der Waals surface area contributed by atoms with Crippen molar-refractivity contribution in [2.75, 3.05) is 13.3 Å². The van der Waals surface area contributed by atoms with Crippen molar-refractivity contribution in [1.82, 2.24) is 9.80 Å². The summed E-state index contributed by atoms with van der Waals surface area (Å²) in [6.07, 6.45) is 2.13. The number of nitrogens with zero attached hydrogens (tertiary/aromatic N) is 2. The number of likely N-dealkylation sites (tertiary alicyclic amines) is 1. The molecule has 192 valence electrons. The zero-order chi connectivity index (χ0) is 25.3. The van der Waals surface area contributed by atoms with Crippen molar-refractivity contribution in [3.05, 3.63) is 34.9 Å². The van der Waals surface area contributed by atoms with Crippen molar-refractivity contribution < 1.29 is 23.5 Å². The highest BCUT2D eigenvalue weighted by atomic mass is 28.3. The Hall–Kier alpha value is -2.10. The third-order valence-electron chi connectivity index (χ3n) is 7.55. The molecule has 1 aliphatic carbocycles.